The van der Waals surface area contributed by atoms with Crippen molar-refractivity contribution in [3.05, 3.63) is 48.5 Å². The third kappa shape index (κ3) is 6.85. The number of thioether (sulfide) groups is 1. The Morgan fingerprint density at radius 3 is 2.32 bits per heavy atom. The number of benzene rings is 2. The zero-order valence-corrected chi connectivity index (χ0v) is 18.1. The van der Waals surface area contributed by atoms with Crippen LogP contribution in [0.15, 0.2) is 58.3 Å². The van der Waals surface area contributed by atoms with Crippen LogP contribution < -0.4 is 14.8 Å². The SMILES string of the molecule is CCOc1ccc(SCC(=O)Nc2ccccc2S(=O)(=O)NC(C)(C)C)cc1. The minimum Gasteiger partial charge on any atom is -0.494 e. The zero-order chi connectivity index (χ0) is 20.8. The average Bonchev–Trinajstić information content (AvgIpc) is 2.60. The third-order valence-corrected chi connectivity index (χ3v) is 6.22. The van der Waals surface area contributed by atoms with Gasteiger partial charge in [-0.3, -0.25) is 4.79 Å². The van der Waals surface area contributed by atoms with E-state index in [2.05, 4.69) is 10.0 Å². The van der Waals surface area contributed by atoms with Crippen LogP contribution in [0.25, 0.3) is 0 Å². The molecule has 28 heavy (non-hydrogen) atoms. The lowest BCUT2D eigenvalue weighted by Gasteiger charge is -2.21. The number of carbonyl (C=O) groups excluding carboxylic acids is 1. The van der Waals surface area contributed by atoms with Gasteiger partial charge in [-0.1, -0.05) is 12.1 Å². The Hall–Kier alpha value is -2.03. The molecule has 6 nitrogen and oxygen atoms in total. The molecule has 0 atom stereocenters. The second-order valence-corrected chi connectivity index (χ2v) is 9.79. The largest absolute Gasteiger partial charge is 0.494 e. The topological polar surface area (TPSA) is 84.5 Å². The van der Waals surface area contributed by atoms with Gasteiger partial charge in [0.25, 0.3) is 0 Å². The highest BCUT2D eigenvalue weighted by atomic mass is 32.2. The first-order chi connectivity index (χ1) is 13.1. The summed E-state index contributed by atoms with van der Waals surface area (Å²) in [5, 5.41) is 2.70. The molecule has 2 rings (SSSR count). The maximum absolute atomic E-state index is 12.6. The second kappa shape index (κ2) is 9.45. The molecule has 0 saturated carbocycles. The monoisotopic (exact) mass is 422 g/mol. The molecule has 0 spiro atoms. The van der Waals surface area contributed by atoms with Gasteiger partial charge in [-0.15, -0.1) is 11.8 Å². The van der Waals surface area contributed by atoms with Crippen LogP contribution in [0.1, 0.15) is 27.7 Å². The number of carbonyl (C=O) groups is 1. The van der Waals surface area contributed by atoms with E-state index in [0.29, 0.717) is 6.61 Å². The Kier molecular flexibility index (Phi) is 7.51. The average molecular weight is 423 g/mol. The molecular weight excluding hydrogens is 396 g/mol. The summed E-state index contributed by atoms with van der Waals surface area (Å²) in [7, 11) is -3.76. The number of anilines is 1. The summed E-state index contributed by atoms with van der Waals surface area (Å²) in [6.45, 7) is 7.81. The molecule has 0 radical (unpaired) electrons. The lowest BCUT2D eigenvalue weighted by Crippen LogP contribution is -2.40. The van der Waals surface area contributed by atoms with Gasteiger partial charge < -0.3 is 10.1 Å². The van der Waals surface area contributed by atoms with Crippen molar-refractivity contribution in [3.8, 4) is 5.75 Å². The molecule has 0 aromatic heterocycles. The molecule has 1 amide bonds. The first kappa shape index (κ1) is 22.3. The zero-order valence-electron chi connectivity index (χ0n) is 16.5. The molecule has 0 fully saturated rings. The lowest BCUT2D eigenvalue weighted by atomic mass is 10.1. The fourth-order valence-corrected chi connectivity index (χ4v) is 4.68. The number of hydrogen-bond donors (Lipinski definition) is 2. The maximum Gasteiger partial charge on any atom is 0.243 e. The van der Waals surface area contributed by atoms with Crippen LogP contribution in [-0.2, 0) is 14.8 Å². The van der Waals surface area contributed by atoms with Gasteiger partial charge in [-0.2, -0.15) is 0 Å². The summed E-state index contributed by atoms with van der Waals surface area (Å²) < 4.78 is 33.3. The number of nitrogens with one attached hydrogen (secondary N) is 2. The van der Waals surface area contributed by atoms with Crippen molar-refractivity contribution >= 4 is 33.4 Å². The fraction of sp³-hybridized carbons (Fsp3) is 0.350. The van der Waals surface area contributed by atoms with Crippen LogP contribution in [0.2, 0.25) is 0 Å². The van der Waals surface area contributed by atoms with E-state index in [1.807, 2.05) is 31.2 Å². The standard InChI is InChI=1S/C20H26N2O4S2/c1-5-26-15-10-12-16(13-11-15)27-14-19(23)21-17-8-6-7-9-18(17)28(24,25)22-20(2,3)4/h6-13,22H,5,14H2,1-4H3,(H,21,23). The summed E-state index contributed by atoms with van der Waals surface area (Å²) in [5.41, 5.74) is -0.365. The Bertz CT molecular complexity index is 905. The number of ether oxygens (including phenoxy) is 1. The Morgan fingerprint density at radius 1 is 1.07 bits per heavy atom. The van der Waals surface area contributed by atoms with Crippen molar-refractivity contribution in [1.82, 2.24) is 4.72 Å². The number of amides is 1. The minimum atomic E-state index is -3.76. The highest BCUT2D eigenvalue weighted by molar-refractivity contribution is 8.00. The van der Waals surface area contributed by atoms with Crippen LogP contribution in [0.5, 0.6) is 5.75 Å². The van der Waals surface area contributed by atoms with Gasteiger partial charge >= 0.3 is 0 Å². The lowest BCUT2D eigenvalue weighted by molar-refractivity contribution is -0.113. The van der Waals surface area contributed by atoms with E-state index in [9.17, 15) is 13.2 Å². The summed E-state index contributed by atoms with van der Waals surface area (Å²) in [5.74, 6) is 0.661. The molecule has 0 aliphatic carbocycles. The van der Waals surface area contributed by atoms with Crippen molar-refractivity contribution in [2.75, 3.05) is 17.7 Å². The molecule has 0 unspecified atom stereocenters. The fourth-order valence-electron chi connectivity index (χ4n) is 2.40. The second-order valence-electron chi connectivity index (χ2n) is 7.09. The molecule has 0 aliphatic rings. The van der Waals surface area contributed by atoms with Crippen LogP contribution in [0, 0.1) is 0 Å². The van der Waals surface area contributed by atoms with E-state index in [1.165, 1.54) is 17.8 Å². The Labute approximate surface area is 171 Å². The van der Waals surface area contributed by atoms with Gasteiger partial charge in [-0.25, -0.2) is 13.1 Å². The first-order valence-corrected chi connectivity index (χ1v) is 11.4. The summed E-state index contributed by atoms with van der Waals surface area (Å²) in [6.07, 6.45) is 0. The van der Waals surface area contributed by atoms with E-state index in [1.54, 1.807) is 39.0 Å². The van der Waals surface area contributed by atoms with Crippen LogP contribution >= 0.6 is 11.8 Å². The normalized spacial score (nSPS) is 11.9. The van der Waals surface area contributed by atoms with E-state index >= 15 is 0 Å². The molecule has 2 aromatic rings. The number of sulfonamides is 1. The molecule has 0 saturated heterocycles. The van der Waals surface area contributed by atoms with Crippen LogP contribution in [-0.4, -0.2) is 32.2 Å². The molecule has 2 N–H and O–H groups in total. The predicted octanol–water partition coefficient (Wildman–Crippen LogP) is 3.89. The third-order valence-electron chi connectivity index (χ3n) is 3.40. The molecule has 152 valence electrons. The number of para-hydroxylation sites is 1. The molecule has 0 bridgehead atoms. The van der Waals surface area contributed by atoms with Gasteiger partial charge in [0, 0.05) is 10.4 Å². The van der Waals surface area contributed by atoms with Crippen molar-refractivity contribution in [2.24, 2.45) is 0 Å². The smallest absolute Gasteiger partial charge is 0.243 e. The van der Waals surface area contributed by atoms with Gasteiger partial charge in [0.05, 0.1) is 18.0 Å². The highest BCUT2D eigenvalue weighted by Gasteiger charge is 2.24. The van der Waals surface area contributed by atoms with Gasteiger partial charge in [0.15, 0.2) is 0 Å². The molecular formula is C20H26N2O4S2. The summed E-state index contributed by atoms with van der Waals surface area (Å²) in [4.78, 5) is 13.3. The molecule has 0 heterocycles. The maximum atomic E-state index is 12.6. The van der Waals surface area contributed by atoms with E-state index in [0.717, 1.165) is 10.6 Å². The number of hydrogen-bond acceptors (Lipinski definition) is 5. The van der Waals surface area contributed by atoms with Crippen molar-refractivity contribution < 1.29 is 17.9 Å². The quantitative estimate of drug-likeness (QED) is 0.631. The van der Waals surface area contributed by atoms with Gasteiger partial charge in [-0.05, 0) is 64.1 Å². The summed E-state index contributed by atoms with van der Waals surface area (Å²) in [6, 6.07) is 13.8. The van der Waals surface area contributed by atoms with Crippen molar-refractivity contribution in [3.63, 3.8) is 0 Å². The number of rotatable bonds is 8. The summed E-state index contributed by atoms with van der Waals surface area (Å²) >= 11 is 1.37. The van der Waals surface area contributed by atoms with Crippen molar-refractivity contribution in [2.45, 2.75) is 43.0 Å². The molecule has 8 heteroatoms. The highest BCUT2D eigenvalue weighted by Crippen LogP contribution is 2.24. The van der Waals surface area contributed by atoms with E-state index in [-0.39, 0.29) is 22.2 Å². The predicted molar refractivity (Wildman–Crippen MR) is 113 cm³/mol. The van der Waals surface area contributed by atoms with Gasteiger partial charge in [0.1, 0.15) is 10.6 Å². The Balaban J connectivity index is 2.04. The van der Waals surface area contributed by atoms with Crippen LogP contribution in [0.3, 0.4) is 0 Å². The van der Waals surface area contributed by atoms with Gasteiger partial charge in [0.2, 0.25) is 15.9 Å². The first-order valence-electron chi connectivity index (χ1n) is 8.89. The minimum absolute atomic E-state index is 0.0457. The Morgan fingerprint density at radius 2 is 1.71 bits per heavy atom. The molecule has 2 aromatic carbocycles. The van der Waals surface area contributed by atoms with Crippen molar-refractivity contribution in [1.29, 1.82) is 0 Å². The molecule has 0 aliphatic heterocycles. The van der Waals surface area contributed by atoms with E-state index in [4.69, 9.17) is 4.74 Å². The van der Waals surface area contributed by atoms with E-state index < -0.39 is 15.6 Å². The van der Waals surface area contributed by atoms with Crippen LogP contribution in [0.4, 0.5) is 5.69 Å².